The quantitative estimate of drug-likeness (QED) is 0.314. The summed E-state index contributed by atoms with van der Waals surface area (Å²) < 4.78 is 40.4. The van der Waals surface area contributed by atoms with Gasteiger partial charge in [-0.2, -0.15) is 0 Å². The minimum Gasteiger partial charge on any atom is -0.322 e. The first-order chi connectivity index (χ1) is 16.4. The molecule has 0 radical (unpaired) electrons. The van der Waals surface area contributed by atoms with Gasteiger partial charge in [0.2, 0.25) is 0 Å². The maximum Gasteiger partial charge on any atom is 0.261 e. The van der Waals surface area contributed by atoms with Crippen LogP contribution in [0.5, 0.6) is 0 Å². The van der Waals surface area contributed by atoms with E-state index in [0.29, 0.717) is 11.3 Å². The van der Waals surface area contributed by atoms with Crippen LogP contribution >= 0.6 is 11.8 Å². The number of hydrogen-bond acceptors (Lipinski definition) is 5. The van der Waals surface area contributed by atoms with E-state index in [9.17, 15) is 17.6 Å². The van der Waals surface area contributed by atoms with E-state index in [0.717, 1.165) is 28.3 Å². The highest BCUT2D eigenvalue weighted by Crippen LogP contribution is 2.24. The summed E-state index contributed by atoms with van der Waals surface area (Å²) in [7, 11) is -3.87. The molecule has 3 aromatic carbocycles. The van der Waals surface area contributed by atoms with Crippen LogP contribution in [0.25, 0.3) is 0 Å². The molecule has 0 atom stereocenters. The molecule has 1 heterocycles. The fourth-order valence-electron chi connectivity index (χ4n) is 3.01. The molecule has 0 fully saturated rings. The fraction of sp³-hybridized carbons (Fsp3) is 0.0400. The zero-order chi connectivity index (χ0) is 24.0. The van der Waals surface area contributed by atoms with Gasteiger partial charge in [-0.3, -0.25) is 14.5 Å². The van der Waals surface area contributed by atoms with E-state index >= 15 is 0 Å². The third kappa shape index (κ3) is 6.21. The molecule has 34 heavy (non-hydrogen) atoms. The second-order valence-corrected chi connectivity index (χ2v) is 10.00. The van der Waals surface area contributed by atoms with Crippen molar-refractivity contribution in [3.05, 3.63) is 114 Å². The first kappa shape index (κ1) is 23.5. The van der Waals surface area contributed by atoms with Crippen LogP contribution < -0.4 is 10.0 Å². The fourth-order valence-corrected chi connectivity index (χ4v) is 4.90. The van der Waals surface area contributed by atoms with Crippen LogP contribution in [0.3, 0.4) is 0 Å². The SMILES string of the molecule is O=C(Nc1ccc(SCc2cccnc2)cc1)c1ccc(S(=O)(=O)Nc2ccc(F)cc2)cc1. The minimum atomic E-state index is -3.87. The van der Waals surface area contributed by atoms with Crippen molar-refractivity contribution in [1.29, 1.82) is 0 Å². The normalized spacial score (nSPS) is 11.1. The Kier molecular flexibility index (Phi) is 7.24. The Morgan fingerprint density at radius 3 is 2.21 bits per heavy atom. The van der Waals surface area contributed by atoms with Gasteiger partial charge in [-0.25, -0.2) is 12.8 Å². The number of hydrogen-bond donors (Lipinski definition) is 2. The van der Waals surface area contributed by atoms with Crippen molar-refractivity contribution < 1.29 is 17.6 Å². The highest BCUT2D eigenvalue weighted by atomic mass is 32.2. The molecule has 0 aliphatic heterocycles. The van der Waals surface area contributed by atoms with E-state index < -0.39 is 15.8 Å². The lowest BCUT2D eigenvalue weighted by atomic mass is 10.2. The van der Waals surface area contributed by atoms with Crippen LogP contribution in [-0.2, 0) is 15.8 Å². The molecule has 0 saturated carbocycles. The molecule has 0 spiro atoms. The molecule has 0 aliphatic carbocycles. The van der Waals surface area contributed by atoms with Crippen molar-refractivity contribution in [3.8, 4) is 0 Å². The number of thioether (sulfide) groups is 1. The van der Waals surface area contributed by atoms with E-state index in [1.807, 2.05) is 42.6 Å². The summed E-state index contributed by atoms with van der Waals surface area (Å²) >= 11 is 1.67. The first-order valence-electron chi connectivity index (χ1n) is 10.2. The lowest BCUT2D eigenvalue weighted by Gasteiger charge is -2.10. The molecule has 0 bridgehead atoms. The summed E-state index contributed by atoms with van der Waals surface area (Å²) in [5.74, 6) is -0.0205. The summed E-state index contributed by atoms with van der Waals surface area (Å²) in [4.78, 5) is 17.7. The zero-order valence-electron chi connectivity index (χ0n) is 17.8. The number of aromatic nitrogens is 1. The predicted octanol–water partition coefficient (Wildman–Crippen LogP) is 5.57. The Balaban J connectivity index is 1.35. The van der Waals surface area contributed by atoms with E-state index in [2.05, 4.69) is 15.0 Å². The number of amides is 1. The highest BCUT2D eigenvalue weighted by molar-refractivity contribution is 7.98. The molecule has 0 unspecified atom stereocenters. The summed E-state index contributed by atoms with van der Waals surface area (Å²) in [6.45, 7) is 0. The van der Waals surface area contributed by atoms with Crippen molar-refractivity contribution in [2.24, 2.45) is 0 Å². The van der Waals surface area contributed by atoms with Crippen LogP contribution in [0.2, 0.25) is 0 Å². The molecule has 1 aromatic heterocycles. The first-order valence-corrected chi connectivity index (χ1v) is 12.7. The molecule has 6 nitrogen and oxygen atoms in total. The number of carbonyl (C=O) groups is 1. The predicted molar refractivity (Wildman–Crippen MR) is 132 cm³/mol. The van der Waals surface area contributed by atoms with Crippen LogP contribution in [-0.4, -0.2) is 19.3 Å². The van der Waals surface area contributed by atoms with Crippen LogP contribution in [0, 0.1) is 5.82 Å². The second-order valence-electron chi connectivity index (χ2n) is 7.27. The smallest absolute Gasteiger partial charge is 0.261 e. The summed E-state index contributed by atoms with van der Waals surface area (Å²) in [5, 5.41) is 2.80. The minimum absolute atomic E-state index is 0.0108. The molecular weight excluding hydrogens is 473 g/mol. The maximum absolute atomic E-state index is 13.0. The van der Waals surface area contributed by atoms with E-state index in [-0.39, 0.29) is 16.5 Å². The molecule has 0 aliphatic rings. The van der Waals surface area contributed by atoms with Crippen molar-refractivity contribution >= 4 is 39.1 Å². The molecule has 2 N–H and O–H groups in total. The molecule has 1 amide bonds. The second kappa shape index (κ2) is 10.5. The van der Waals surface area contributed by atoms with Gasteiger partial charge in [0, 0.05) is 40.0 Å². The van der Waals surface area contributed by atoms with Gasteiger partial charge in [0.05, 0.1) is 4.90 Å². The molecule has 9 heteroatoms. The van der Waals surface area contributed by atoms with Gasteiger partial charge >= 0.3 is 0 Å². The third-order valence-electron chi connectivity index (χ3n) is 4.76. The zero-order valence-corrected chi connectivity index (χ0v) is 19.4. The summed E-state index contributed by atoms with van der Waals surface area (Å²) in [6, 6.07) is 22.0. The van der Waals surface area contributed by atoms with Crippen molar-refractivity contribution in [1.82, 2.24) is 4.98 Å². The Morgan fingerprint density at radius 2 is 1.56 bits per heavy atom. The third-order valence-corrected chi connectivity index (χ3v) is 7.24. The number of nitrogens with zero attached hydrogens (tertiary/aromatic N) is 1. The van der Waals surface area contributed by atoms with Crippen LogP contribution in [0.4, 0.5) is 15.8 Å². The number of sulfonamides is 1. The van der Waals surface area contributed by atoms with Crippen molar-refractivity contribution in [2.45, 2.75) is 15.5 Å². The highest BCUT2D eigenvalue weighted by Gasteiger charge is 2.15. The summed E-state index contributed by atoms with van der Waals surface area (Å²) in [5.41, 5.74) is 2.31. The Labute approximate surface area is 201 Å². The Morgan fingerprint density at radius 1 is 0.882 bits per heavy atom. The number of pyridine rings is 1. The van der Waals surface area contributed by atoms with Crippen LogP contribution in [0.15, 0.2) is 107 Å². The van der Waals surface area contributed by atoms with Gasteiger partial charge in [0.1, 0.15) is 5.82 Å². The lowest BCUT2D eigenvalue weighted by molar-refractivity contribution is 0.102. The van der Waals surface area contributed by atoms with E-state index in [4.69, 9.17) is 0 Å². The molecule has 4 aromatic rings. The lowest BCUT2D eigenvalue weighted by Crippen LogP contribution is -2.14. The Hall–Kier alpha value is -3.69. The number of anilines is 2. The molecule has 172 valence electrons. The number of benzene rings is 3. The average Bonchev–Trinajstić information content (AvgIpc) is 2.85. The standard InChI is InChI=1S/C25H20FN3O3S2/c26-20-5-7-22(8-6-20)29-34(31,32)24-13-3-19(4-14-24)25(30)28-21-9-11-23(12-10-21)33-17-18-2-1-15-27-16-18/h1-16,29H,17H2,(H,28,30). The average molecular weight is 494 g/mol. The van der Waals surface area contributed by atoms with Gasteiger partial charge in [-0.05, 0) is 84.4 Å². The Bertz CT molecular complexity index is 1360. The number of halogens is 1. The number of carbonyl (C=O) groups excluding carboxylic acids is 1. The molecule has 0 saturated heterocycles. The van der Waals surface area contributed by atoms with Gasteiger partial charge < -0.3 is 5.32 Å². The van der Waals surface area contributed by atoms with Crippen molar-refractivity contribution in [2.75, 3.05) is 10.0 Å². The van der Waals surface area contributed by atoms with Gasteiger partial charge in [-0.15, -0.1) is 11.8 Å². The maximum atomic E-state index is 13.0. The van der Waals surface area contributed by atoms with Gasteiger partial charge in [0.25, 0.3) is 15.9 Å². The van der Waals surface area contributed by atoms with Crippen LogP contribution in [0.1, 0.15) is 15.9 Å². The largest absolute Gasteiger partial charge is 0.322 e. The topological polar surface area (TPSA) is 88.2 Å². The monoisotopic (exact) mass is 493 g/mol. The number of rotatable bonds is 8. The van der Waals surface area contributed by atoms with E-state index in [1.54, 1.807) is 18.0 Å². The van der Waals surface area contributed by atoms with Gasteiger partial charge in [-0.1, -0.05) is 6.07 Å². The molecular formula is C25H20FN3O3S2. The summed E-state index contributed by atoms with van der Waals surface area (Å²) in [6.07, 6.45) is 3.57. The van der Waals surface area contributed by atoms with Gasteiger partial charge in [0.15, 0.2) is 0 Å². The van der Waals surface area contributed by atoms with E-state index in [1.165, 1.54) is 36.4 Å². The molecule has 4 rings (SSSR count). The number of nitrogens with one attached hydrogen (secondary N) is 2. The van der Waals surface area contributed by atoms with Crippen molar-refractivity contribution in [3.63, 3.8) is 0 Å².